The second-order valence-electron chi connectivity index (χ2n) is 6.55. The standard InChI is InChI=1S/C17H24N6O.ClH/c1-13(2)5-8-22-12-15(20-21-22)17(24)23-9-7-19-11-16(23)14-4-3-6-18-10-14;/h3-4,6,10,12-13,16,19H,5,7-9,11H2,1-2H3;1H. The van der Waals surface area contributed by atoms with Gasteiger partial charge in [0, 0.05) is 38.6 Å². The number of nitrogens with zero attached hydrogens (tertiary/aromatic N) is 5. The molecule has 3 heterocycles. The number of halogens is 1. The highest BCUT2D eigenvalue weighted by Gasteiger charge is 2.30. The summed E-state index contributed by atoms with van der Waals surface area (Å²) in [5, 5.41) is 11.5. The minimum Gasteiger partial charge on any atom is -0.328 e. The van der Waals surface area contributed by atoms with Crippen LogP contribution in [0.5, 0.6) is 0 Å². The van der Waals surface area contributed by atoms with Crippen LogP contribution in [-0.4, -0.2) is 50.4 Å². The van der Waals surface area contributed by atoms with Crippen LogP contribution in [0.15, 0.2) is 30.7 Å². The lowest BCUT2D eigenvalue weighted by molar-refractivity contribution is 0.0627. The molecule has 25 heavy (non-hydrogen) atoms. The van der Waals surface area contributed by atoms with E-state index in [9.17, 15) is 4.79 Å². The van der Waals surface area contributed by atoms with Crippen molar-refractivity contribution in [1.82, 2.24) is 30.2 Å². The molecule has 0 radical (unpaired) electrons. The summed E-state index contributed by atoms with van der Waals surface area (Å²) in [5.41, 5.74) is 1.44. The number of pyridine rings is 1. The lowest BCUT2D eigenvalue weighted by atomic mass is 10.0. The molecule has 2 aromatic rings. The minimum absolute atomic E-state index is 0. The van der Waals surface area contributed by atoms with Crippen LogP contribution in [0.25, 0.3) is 0 Å². The molecule has 1 aliphatic heterocycles. The molecule has 3 rings (SSSR count). The third kappa shape index (κ3) is 4.76. The fourth-order valence-electron chi connectivity index (χ4n) is 2.86. The van der Waals surface area contributed by atoms with E-state index in [0.29, 0.717) is 18.2 Å². The van der Waals surface area contributed by atoms with E-state index in [1.54, 1.807) is 17.1 Å². The van der Waals surface area contributed by atoms with E-state index < -0.39 is 0 Å². The first-order chi connectivity index (χ1) is 11.6. The molecule has 7 nitrogen and oxygen atoms in total. The largest absolute Gasteiger partial charge is 0.328 e. The van der Waals surface area contributed by atoms with E-state index in [0.717, 1.165) is 31.6 Å². The van der Waals surface area contributed by atoms with Gasteiger partial charge in [0.2, 0.25) is 0 Å². The van der Waals surface area contributed by atoms with Crippen molar-refractivity contribution in [2.24, 2.45) is 5.92 Å². The fraction of sp³-hybridized carbons (Fsp3) is 0.529. The van der Waals surface area contributed by atoms with Gasteiger partial charge in [-0.15, -0.1) is 17.5 Å². The maximum Gasteiger partial charge on any atom is 0.276 e. The number of carbonyl (C=O) groups excluding carboxylic acids is 1. The van der Waals surface area contributed by atoms with Gasteiger partial charge in [-0.05, 0) is 24.0 Å². The molecule has 2 aromatic heterocycles. The molecule has 0 spiro atoms. The molecule has 1 saturated heterocycles. The number of aromatic nitrogens is 4. The Balaban J connectivity index is 0.00000225. The molecule has 1 aliphatic rings. The quantitative estimate of drug-likeness (QED) is 0.877. The number of rotatable bonds is 5. The Morgan fingerprint density at radius 2 is 2.28 bits per heavy atom. The van der Waals surface area contributed by atoms with Gasteiger partial charge in [0.05, 0.1) is 12.2 Å². The van der Waals surface area contributed by atoms with Crippen molar-refractivity contribution >= 4 is 18.3 Å². The Kier molecular flexibility index (Phi) is 6.90. The molecule has 1 fully saturated rings. The molecule has 0 aromatic carbocycles. The first-order valence-corrected chi connectivity index (χ1v) is 8.47. The summed E-state index contributed by atoms with van der Waals surface area (Å²) in [6.07, 6.45) is 6.33. The number of carbonyl (C=O) groups is 1. The Hall–Kier alpha value is -1.99. The maximum atomic E-state index is 12.9. The molecule has 0 saturated carbocycles. The van der Waals surface area contributed by atoms with Crippen LogP contribution in [0, 0.1) is 5.92 Å². The summed E-state index contributed by atoms with van der Waals surface area (Å²) in [7, 11) is 0. The molecule has 8 heteroatoms. The van der Waals surface area contributed by atoms with Crippen LogP contribution in [0.4, 0.5) is 0 Å². The second-order valence-corrected chi connectivity index (χ2v) is 6.55. The van der Waals surface area contributed by atoms with Gasteiger partial charge >= 0.3 is 0 Å². The summed E-state index contributed by atoms with van der Waals surface area (Å²) in [5.74, 6) is 0.526. The Morgan fingerprint density at radius 1 is 1.44 bits per heavy atom. The Morgan fingerprint density at radius 3 is 3.00 bits per heavy atom. The smallest absolute Gasteiger partial charge is 0.276 e. The number of amides is 1. The lowest BCUT2D eigenvalue weighted by Gasteiger charge is -2.35. The zero-order chi connectivity index (χ0) is 16.9. The van der Waals surface area contributed by atoms with Crippen molar-refractivity contribution in [2.75, 3.05) is 19.6 Å². The van der Waals surface area contributed by atoms with Crippen molar-refractivity contribution in [3.8, 4) is 0 Å². The molecule has 136 valence electrons. The summed E-state index contributed by atoms with van der Waals surface area (Å²) in [6.45, 7) is 7.27. The number of aryl methyl sites for hydroxylation is 1. The average Bonchev–Trinajstić information content (AvgIpc) is 3.09. The van der Waals surface area contributed by atoms with Crippen molar-refractivity contribution < 1.29 is 4.79 Å². The molecule has 0 bridgehead atoms. The maximum absolute atomic E-state index is 12.9. The first kappa shape index (κ1) is 19.3. The predicted molar refractivity (Wildman–Crippen MR) is 97.6 cm³/mol. The topological polar surface area (TPSA) is 75.9 Å². The Bertz CT molecular complexity index is 675. The van der Waals surface area contributed by atoms with Gasteiger partial charge in [-0.2, -0.15) is 0 Å². The number of nitrogens with one attached hydrogen (secondary N) is 1. The number of hydrogen-bond donors (Lipinski definition) is 1. The average molecular weight is 365 g/mol. The van der Waals surface area contributed by atoms with E-state index >= 15 is 0 Å². The van der Waals surface area contributed by atoms with Crippen molar-refractivity contribution in [3.63, 3.8) is 0 Å². The SMILES string of the molecule is CC(C)CCn1cc(C(=O)N2CCNCC2c2cccnc2)nn1.Cl. The zero-order valence-electron chi connectivity index (χ0n) is 14.6. The zero-order valence-corrected chi connectivity index (χ0v) is 15.4. The first-order valence-electron chi connectivity index (χ1n) is 8.47. The van der Waals surface area contributed by atoms with Gasteiger partial charge in [-0.3, -0.25) is 14.5 Å². The van der Waals surface area contributed by atoms with E-state index in [1.165, 1.54) is 0 Å². The molecule has 1 unspecified atom stereocenters. The summed E-state index contributed by atoms with van der Waals surface area (Å²) in [4.78, 5) is 18.9. The van der Waals surface area contributed by atoms with Crippen LogP contribution in [0.2, 0.25) is 0 Å². The summed E-state index contributed by atoms with van der Waals surface area (Å²) in [6, 6.07) is 3.87. The lowest BCUT2D eigenvalue weighted by Crippen LogP contribution is -2.48. The number of hydrogen-bond acceptors (Lipinski definition) is 5. The monoisotopic (exact) mass is 364 g/mol. The molecule has 0 aliphatic carbocycles. The third-order valence-electron chi connectivity index (χ3n) is 4.27. The highest BCUT2D eigenvalue weighted by Crippen LogP contribution is 2.23. The highest BCUT2D eigenvalue weighted by molar-refractivity contribution is 5.92. The van der Waals surface area contributed by atoms with Gasteiger partial charge in [0.15, 0.2) is 5.69 Å². The van der Waals surface area contributed by atoms with Crippen LogP contribution >= 0.6 is 12.4 Å². The molecule has 1 N–H and O–H groups in total. The number of piperazine rings is 1. The van der Waals surface area contributed by atoms with E-state index in [-0.39, 0.29) is 24.4 Å². The minimum atomic E-state index is -0.0684. The molecular formula is C17H25ClN6O. The molecule has 1 amide bonds. The Labute approximate surface area is 154 Å². The van der Waals surface area contributed by atoms with Crippen molar-refractivity contribution in [1.29, 1.82) is 0 Å². The van der Waals surface area contributed by atoms with E-state index in [1.807, 2.05) is 23.2 Å². The normalized spacial score (nSPS) is 17.4. The van der Waals surface area contributed by atoms with Crippen molar-refractivity contribution in [3.05, 3.63) is 42.0 Å². The molecule has 1 atom stereocenters. The van der Waals surface area contributed by atoms with Gasteiger partial charge in [-0.1, -0.05) is 25.1 Å². The van der Waals surface area contributed by atoms with Gasteiger partial charge in [0.1, 0.15) is 0 Å². The third-order valence-corrected chi connectivity index (χ3v) is 4.27. The van der Waals surface area contributed by atoms with Crippen LogP contribution < -0.4 is 5.32 Å². The molecular weight excluding hydrogens is 340 g/mol. The highest BCUT2D eigenvalue weighted by atomic mass is 35.5. The van der Waals surface area contributed by atoms with E-state index in [4.69, 9.17) is 0 Å². The second kappa shape index (κ2) is 8.92. The van der Waals surface area contributed by atoms with Crippen LogP contribution in [-0.2, 0) is 6.54 Å². The van der Waals surface area contributed by atoms with Gasteiger partial charge < -0.3 is 10.2 Å². The van der Waals surface area contributed by atoms with E-state index in [2.05, 4.69) is 34.5 Å². The van der Waals surface area contributed by atoms with Crippen LogP contribution in [0.3, 0.4) is 0 Å². The summed E-state index contributed by atoms with van der Waals surface area (Å²) < 4.78 is 1.76. The predicted octanol–water partition coefficient (Wildman–Crippen LogP) is 1.93. The van der Waals surface area contributed by atoms with Gasteiger partial charge in [-0.25, -0.2) is 0 Å². The van der Waals surface area contributed by atoms with Crippen LogP contribution in [0.1, 0.15) is 42.4 Å². The fourth-order valence-corrected chi connectivity index (χ4v) is 2.86. The van der Waals surface area contributed by atoms with Gasteiger partial charge in [0.25, 0.3) is 5.91 Å². The summed E-state index contributed by atoms with van der Waals surface area (Å²) >= 11 is 0. The van der Waals surface area contributed by atoms with Crippen molar-refractivity contribution in [2.45, 2.75) is 32.9 Å².